The van der Waals surface area contributed by atoms with Gasteiger partial charge in [0.15, 0.2) is 10.8 Å². The summed E-state index contributed by atoms with van der Waals surface area (Å²) in [6.07, 6.45) is 0. The van der Waals surface area contributed by atoms with Crippen LogP contribution in [0.1, 0.15) is 20.8 Å². The summed E-state index contributed by atoms with van der Waals surface area (Å²) in [5.41, 5.74) is 6.07. The molecule has 4 N–H and O–H groups in total. The quantitative estimate of drug-likeness (QED) is 0.672. The van der Waals surface area contributed by atoms with Gasteiger partial charge < -0.3 is 15.8 Å². The largest absolute Gasteiger partial charge is 0.379 e. The molecule has 138 valence electrons. The van der Waals surface area contributed by atoms with Gasteiger partial charge in [-0.1, -0.05) is 29.5 Å². The topological polar surface area (TPSA) is 110 Å². The van der Waals surface area contributed by atoms with E-state index in [9.17, 15) is 9.59 Å². The zero-order chi connectivity index (χ0) is 18.4. The molecule has 1 fully saturated rings. The fourth-order valence-electron chi connectivity index (χ4n) is 2.57. The van der Waals surface area contributed by atoms with E-state index in [1.165, 1.54) is 11.3 Å². The van der Waals surface area contributed by atoms with E-state index in [1.54, 1.807) is 24.3 Å². The van der Waals surface area contributed by atoms with Crippen molar-refractivity contribution in [3.05, 3.63) is 41.6 Å². The summed E-state index contributed by atoms with van der Waals surface area (Å²) in [7, 11) is 0. The van der Waals surface area contributed by atoms with Crippen molar-refractivity contribution in [2.75, 3.05) is 50.0 Å². The predicted octanol–water partition coefficient (Wildman–Crippen LogP) is 1.24. The summed E-state index contributed by atoms with van der Waals surface area (Å²) in [4.78, 5) is 30.3. The van der Waals surface area contributed by atoms with Gasteiger partial charge in [0, 0.05) is 31.7 Å². The highest BCUT2D eigenvalue weighted by Crippen LogP contribution is 2.28. The molecule has 0 atom stereocenters. The molecule has 8 nitrogen and oxygen atoms in total. The number of anilines is 2. The van der Waals surface area contributed by atoms with Crippen LogP contribution in [0, 0.1) is 0 Å². The van der Waals surface area contributed by atoms with Crippen molar-refractivity contribution in [3.8, 4) is 0 Å². The third-order valence-electron chi connectivity index (χ3n) is 3.93. The Hall–Kier alpha value is -2.49. The minimum atomic E-state index is -0.629. The molecule has 9 heteroatoms. The number of nitrogens with two attached hydrogens (primary N) is 1. The summed E-state index contributed by atoms with van der Waals surface area (Å²) in [6.45, 7) is 4.74. The number of ether oxygens (including phenoxy) is 1. The zero-order valence-corrected chi connectivity index (χ0v) is 15.1. The van der Waals surface area contributed by atoms with E-state index < -0.39 is 5.91 Å². The second-order valence-corrected chi connectivity index (χ2v) is 6.76. The van der Waals surface area contributed by atoms with Gasteiger partial charge in [-0.15, -0.1) is 0 Å². The van der Waals surface area contributed by atoms with Crippen LogP contribution >= 0.6 is 11.3 Å². The van der Waals surface area contributed by atoms with Crippen molar-refractivity contribution >= 4 is 33.3 Å². The molecule has 2 heterocycles. The number of carbonyl (C=O) groups is 2. The van der Waals surface area contributed by atoms with Crippen LogP contribution in [0.2, 0.25) is 0 Å². The van der Waals surface area contributed by atoms with E-state index in [2.05, 4.69) is 20.5 Å². The van der Waals surface area contributed by atoms with Crippen molar-refractivity contribution in [1.82, 2.24) is 9.88 Å². The van der Waals surface area contributed by atoms with Crippen LogP contribution in [-0.2, 0) is 4.74 Å². The molecule has 1 aromatic carbocycles. The number of benzene rings is 1. The fourth-order valence-corrected chi connectivity index (χ4v) is 3.46. The number of hydrogen-bond donors (Lipinski definition) is 3. The van der Waals surface area contributed by atoms with Crippen LogP contribution in [0.25, 0.3) is 0 Å². The maximum absolute atomic E-state index is 12.2. The van der Waals surface area contributed by atoms with E-state index >= 15 is 0 Å². The van der Waals surface area contributed by atoms with Gasteiger partial charge in [-0.05, 0) is 12.1 Å². The van der Waals surface area contributed by atoms with E-state index in [-0.39, 0.29) is 11.6 Å². The number of primary amides is 1. The lowest BCUT2D eigenvalue weighted by Crippen LogP contribution is -2.39. The average molecular weight is 375 g/mol. The first kappa shape index (κ1) is 18.3. The molecule has 1 aromatic heterocycles. The van der Waals surface area contributed by atoms with Crippen LogP contribution < -0.4 is 16.4 Å². The maximum Gasteiger partial charge on any atom is 0.270 e. The minimum Gasteiger partial charge on any atom is -0.379 e. The Labute approximate surface area is 155 Å². The van der Waals surface area contributed by atoms with E-state index in [4.69, 9.17) is 10.5 Å². The van der Waals surface area contributed by atoms with Gasteiger partial charge in [0.1, 0.15) is 5.00 Å². The number of thiazole rings is 1. The smallest absolute Gasteiger partial charge is 0.270 e. The van der Waals surface area contributed by atoms with E-state index in [0.29, 0.717) is 22.2 Å². The van der Waals surface area contributed by atoms with Crippen LogP contribution in [0.5, 0.6) is 0 Å². The molecule has 0 spiro atoms. The molecular weight excluding hydrogens is 354 g/mol. The number of rotatable bonds is 7. The molecule has 0 bridgehead atoms. The highest BCUT2D eigenvalue weighted by atomic mass is 32.1. The molecule has 0 unspecified atom stereocenters. The molecule has 26 heavy (non-hydrogen) atoms. The van der Waals surface area contributed by atoms with Gasteiger partial charge in [-0.25, -0.2) is 4.98 Å². The normalized spacial score (nSPS) is 14.8. The lowest BCUT2D eigenvalue weighted by Gasteiger charge is -2.26. The second kappa shape index (κ2) is 8.75. The van der Waals surface area contributed by atoms with Crippen molar-refractivity contribution in [2.45, 2.75) is 0 Å². The van der Waals surface area contributed by atoms with Crippen LogP contribution in [-0.4, -0.2) is 61.1 Å². The monoisotopic (exact) mass is 375 g/mol. The van der Waals surface area contributed by atoms with Crippen LogP contribution in [0.4, 0.5) is 10.1 Å². The van der Waals surface area contributed by atoms with Crippen LogP contribution in [0.3, 0.4) is 0 Å². The zero-order valence-electron chi connectivity index (χ0n) is 14.2. The first-order chi connectivity index (χ1) is 12.6. The third-order valence-corrected chi connectivity index (χ3v) is 4.86. The van der Waals surface area contributed by atoms with Gasteiger partial charge >= 0.3 is 0 Å². The van der Waals surface area contributed by atoms with Gasteiger partial charge in [0.25, 0.3) is 11.8 Å². The number of morpholine rings is 1. The molecule has 2 aromatic rings. The fraction of sp³-hybridized carbons (Fsp3) is 0.353. The molecular formula is C17H21N5O3S. The molecule has 2 amide bonds. The standard InChI is InChI=1S/C17H21N5O3S/c18-14(23)13-16(19-6-7-22-8-10-25-11-9-22)26-17(20-13)21-15(24)12-4-2-1-3-5-12/h1-5,19H,6-11H2,(H2,18,23)(H,20,21,24). The lowest BCUT2D eigenvalue weighted by atomic mass is 10.2. The average Bonchev–Trinajstić information content (AvgIpc) is 3.06. The second-order valence-electron chi connectivity index (χ2n) is 5.76. The molecule has 0 saturated carbocycles. The number of hydrogen-bond acceptors (Lipinski definition) is 7. The Morgan fingerprint density at radius 3 is 2.65 bits per heavy atom. The number of carbonyl (C=O) groups excluding carboxylic acids is 2. The van der Waals surface area contributed by atoms with Crippen molar-refractivity contribution in [1.29, 1.82) is 0 Å². The minimum absolute atomic E-state index is 0.139. The van der Waals surface area contributed by atoms with E-state index in [1.807, 2.05) is 6.07 Å². The summed E-state index contributed by atoms with van der Waals surface area (Å²) in [6, 6.07) is 8.81. The molecule has 3 rings (SSSR count). The van der Waals surface area contributed by atoms with Crippen molar-refractivity contribution in [2.24, 2.45) is 5.73 Å². The van der Waals surface area contributed by atoms with Gasteiger partial charge in [-0.2, -0.15) is 0 Å². The Morgan fingerprint density at radius 2 is 1.96 bits per heavy atom. The Bertz CT molecular complexity index is 759. The van der Waals surface area contributed by atoms with Gasteiger partial charge in [0.2, 0.25) is 0 Å². The Balaban J connectivity index is 1.62. The van der Waals surface area contributed by atoms with E-state index in [0.717, 1.165) is 32.8 Å². The Kier molecular flexibility index (Phi) is 6.16. The maximum atomic E-state index is 12.2. The van der Waals surface area contributed by atoms with Crippen molar-refractivity contribution < 1.29 is 14.3 Å². The lowest BCUT2D eigenvalue weighted by molar-refractivity contribution is 0.0398. The first-order valence-corrected chi connectivity index (χ1v) is 9.16. The molecule has 1 aliphatic rings. The summed E-state index contributed by atoms with van der Waals surface area (Å²) < 4.78 is 5.32. The molecule has 1 aliphatic heterocycles. The van der Waals surface area contributed by atoms with Crippen LogP contribution in [0.15, 0.2) is 30.3 Å². The van der Waals surface area contributed by atoms with Gasteiger partial charge in [-0.3, -0.25) is 19.8 Å². The molecule has 0 radical (unpaired) electrons. The highest BCUT2D eigenvalue weighted by Gasteiger charge is 2.18. The number of nitrogens with zero attached hydrogens (tertiary/aromatic N) is 2. The Morgan fingerprint density at radius 1 is 1.23 bits per heavy atom. The van der Waals surface area contributed by atoms with Gasteiger partial charge in [0.05, 0.1) is 13.2 Å². The number of nitrogens with one attached hydrogen (secondary N) is 2. The van der Waals surface area contributed by atoms with Crippen molar-refractivity contribution in [3.63, 3.8) is 0 Å². The predicted molar refractivity (Wildman–Crippen MR) is 101 cm³/mol. The SMILES string of the molecule is NC(=O)c1nc(NC(=O)c2ccccc2)sc1NCCN1CCOCC1. The molecule has 1 saturated heterocycles. The third kappa shape index (κ3) is 4.78. The summed E-state index contributed by atoms with van der Waals surface area (Å²) in [5.74, 6) is -0.912. The molecule has 0 aliphatic carbocycles. The summed E-state index contributed by atoms with van der Waals surface area (Å²) in [5, 5.41) is 6.80. The summed E-state index contributed by atoms with van der Waals surface area (Å²) >= 11 is 1.20. The first-order valence-electron chi connectivity index (χ1n) is 8.34. The number of aromatic nitrogens is 1. The number of amides is 2. The highest BCUT2D eigenvalue weighted by molar-refractivity contribution is 7.20.